The number of halogens is 1. The summed E-state index contributed by atoms with van der Waals surface area (Å²) in [7, 11) is 3.13. The SMILES string of the molecule is CN=C(NCCCCCCC(=O)OC)NC(C)c1ccc(C)c(F)c1. The monoisotopic (exact) mass is 351 g/mol. The molecule has 0 radical (unpaired) electrons. The zero-order chi connectivity index (χ0) is 18.7. The molecule has 1 atom stereocenters. The van der Waals surface area contributed by atoms with E-state index in [1.54, 1.807) is 26.1 Å². The van der Waals surface area contributed by atoms with Gasteiger partial charge in [0, 0.05) is 20.0 Å². The largest absolute Gasteiger partial charge is 0.469 e. The van der Waals surface area contributed by atoms with Gasteiger partial charge in [-0.1, -0.05) is 25.0 Å². The third-order valence-corrected chi connectivity index (χ3v) is 4.10. The average Bonchev–Trinajstić information content (AvgIpc) is 2.61. The molecule has 0 saturated carbocycles. The quantitative estimate of drug-likeness (QED) is 0.309. The van der Waals surface area contributed by atoms with E-state index in [0.29, 0.717) is 17.9 Å². The van der Waals surface area contributed by atoms with Crippen molar-refractivity contribution >= 4 is 11.9 Å². The maximum absolute atomic E-state index is 13.7. The van der Waals surface area contributed by atoms with Crippen molar-refractivity contribution in [2.45, 2.75) is 52.0 Å². The average molecular weight is 351 g/mol. The Kier molecular flexibility index (Phi) is 9.58. The lowest BCUT2D eigenvalue weighted by Crippen LogP contribution is -2.39. The molecule has 0 spiro atoms. The molecular weight excluding hydrogens is 321 g/mol. The topological polar surface area (TPSA) is 62.7 Å². The van der Waals surface area contributed by atoms with Crippen LogP contribution in [0.25, 0.3) is 0 Å². The van der Waals surface area contributed by atoms with E-state index in [0.717, 1.165) is 37.8 Å². The molecule has 0 amide bonds. The van der Waals surface area contributed by atoms with E-state index in [2.05, 4.69) is 20.4 Å². The van der Waals surface area contributed by atoms with Gasteiger partial charge in [0.1, 0.15) is 5.82 Å². The van der Waals surface area contributed by atoms with Gasteiger partial charge in [-0.05, 0) is 43.9 Å². The summed E-state index contributed by atoms with van der Waals surface area (Å²) < 4.78 is 18.3. The molecule has 0 saturated heterocycles. The van der Waals surface area contributed by atoms with Crippen LogP contribution in [-0.2, 0) is 9.53 Å². The lowest BCUT2D eigenvalue weighted by atomic mass is 10.1. The number of methoxy groups -OCH3 is 1. The number of rotatable bonds is 9. The van der Waals surface area contributed by atoms with E-state index in [9.17, 15) is 9.18 Å². The Hall–Kier alpha value is -2.11. The van der Waals surface area contributed by atoms with Gasteiger partial charge in [0.05, 0.1) is 13.2 Å². The molecule has 0 heterocycles. The van der Waals surface area contributed by atoms with Crippen molar-refractivity contribution in [2.75, 3.05) is 20.7 Å². The Labute approximate surface area is 150 Å². The molecule has 0 aliphatic carbocycles. The molecule has 1 rings (SSSR count). The van der Waals surface area contributed by atoms with Crippen molar-refractivity contribution in [1.29, 1.82) is 0 Å². The van der Waals surface area contributed by atoms with Crippen LogP contribution in [0.1, 0.15) is 56.2 Å². The van der Waals surface area contributed by atoms with Crippen LogP contribution in [0.2, 0.25) is 0 Å². The zero-order valence-electron chi connectivity index (χ0n) is 15.7. The van der Waals surface area contributed by atoms with Gasteiger partial charge >= 0.3 is 5.97 Å². The number of benzene rings is 1. The number of aryl methyl sites for hydroxylation is 1. The third kappa shape index (κ3) is 8.01. The predicted molar refractivity (Wildman–Crippen MR) is 99.2 cm³/mol. The number of hydrogen-bond donors (Lipinski definition) is 2. The number of nitrogens with zero attached hydrogens (tertiary/aromatic N) is 1. The summed E-state index contributed by atoms with van der Waals surface area (Å²) >= 11 is 0. The van der Waals surface area contributed by atoms with Crippen molar-refractivity contribution in [3.63, 3.8) is 0 Å². The first-order valence-electron chi connectivity index (χ1n) is 8.78. The summed E-state index contributed by atoms with van der Waals surface area (Å²) in [6, 6.07) is 5.22. The van der Waals surface area contributed by atoms with E-state index in [-0.39, 0.29) is 17.8 Å². The van der Waals surface area contributed by atoms with E-state index in [4.69, 9.17) is 0 Å². The number of unbranched alkanes of at least 4 members (excludes halogenated alkanes) is 3. The van der Waals surface area contributed by atoms with Crippen molar-refractivity contribution in [1.82, 2.24) is 10.6 Å². The lowest BCUT2D eigenvalue weighted by molar-refractivity contribution is -0.140. The molecule has 2 N–H and O–H groups in total. The first kappa shape index (κ1) is 20.9. The van der Waals surface area contributed by atoms with Gasteiger partial charge in [-0.15, -0.1) is 0 Å². The molecule has 5 nitrogen and oxygen atoms in total. The highest BCUT2D eigenvalue weighted by Gasteiger charge is 2.09. The first-order chi connectivity index (χ1) is 12.0. The molecular formula is C19H30FN3O2. The maximum Gasteiger partial charge on any atom is 0.305 e. The Balaban J connectivity index is 2.28. The van der Waals surface area contributed by atoms with Gasteiger partial charge in [-0.25, -0.2) is 4.39 Å². The van der Waals surface area contributed by atoms with Crippen molar-refractivity contribution in [3.8, 4) is 0 Å². The molecule has 25 heavy (non-hydrogen) atoms. The molecule has 0 bridgehead atoms. The van der Waals surface area contributed by atoms with E-state index in [1.807, 2.05) is 13.0 Å². The summed E-state index contributed by atoms with van der Waals surface area (Å²) in [6.07, 6.45) is 4.38. The van der Waals surface area contributed by atoms with Gasteiger partial charge in [-0.2, -0.15) is 0 Å². The minimum absolute atomic E-state index is 0.0404. The smallest absolute Gasteiger partial charge is 0.305 e. The first-order valence-corrected chi connectivity index (χ1v) is 8.78. The Morgan fingerprint density at radius 2 is 2.00 bits per heavy atom. The predicted octanol–water partition coefficient (Wildman–Crippen LogP) is 3.48. The highest BCUT2D eigenvalue weighted by molar-refractivity contribution is 5.80. The second-order valence-corrected chi connectivity index (χ2v) is 6.11. The van der Waals surface area contributed by atoms with Crippen molar-refractivity contribution < 1.29 is 13.9 Å². The molecule has 0 fully saturated rings. The highest BCUT2D eigenvalue weighted by Crippen LogP contribution is 2.16. The fraction of sp³-hybridized carbons (Fsp3) is 0.579. The second-order valence-electron chi connectivity index (χ2n) is 6.11. The minimum atomic E-state index is -0.193. The number of hydrogen-bond acceptors (Lipinski definition) is 3. The third-order valence-electron chi connectivity index (χ3n) is 4.10. The Bertz CT molecular complexity index is 576. The molecule has 0 aromatic heterocycles. The Morgan fingerprint density at radius 3 is 2.64 bits per heavy atom. The normalized spacial score (nSPS) is 12.6. The van der Waals surface area contributed by atoms with Crippen LogP contribution < -0.4 is 10.6 Å². The number of esters is 1. The fourth-order valence-corrected chi connectivity index (χ4v) is 2.42. The highest BCUT2D eigenvalue weighted by atomic mass is 19.1. The number of carbonyl (C=O) groups is 1. The van der Waals surface area contributed by atoms with Crippen LogP contribution in [0.5, 0.6) is 0 Å². The number of ether oxygens (including phenoxy) is 1. The molecule has 1 aromatic carbocycles. The number of carbonyl (C=O) groups excluding carboxylic acids is 1. The van der Waals surface area contributed by atoms with Gasteiger partial charge in [0.2, 0.25) is 0 Å². The van der Waals surface area contributed by atoms with Crippen LogP contribution in [0.15, 0.2) is 23.2 Å². The second kappa shape index (κ2) is 11.4. The van der Waals surface area contributed by atoms with E-state index >= 15 is 0 Å². The van der Waals surface area contributed by atoms with Crippen LogP contribution in [0, 0.1) is 12.7 Å². The fourth-order valence-electron chi connectivity index (χ4n) is 2.42. The Morgan fingerprint density at radius 1 is 1.28 bits per heavy atom. The van der Waals surface area contributed by atoms with Crippen molar-refractivity contribution in [2.24, 2.45) is 4.99 Å². The van der Waals surface area contributed by atoms with Gasteiger partial charge in [-0.3, -0.25) is 9.79 Å². The molecule has 140 valence electrons. The zero-order valence-corrected chi connectivity index (χ0v) is 15.7. The number of guanidine groups is 1. The standard InChI is InChI=1S/C19H30FN3O2/c1-14-10-11-16(13-17(14)20)15(2)23-19(21-3)22-12-8-6-5-7-9-18(24)25-4/h10-11,13,15H,5-9,12H2,1-4H3,(H2,21,22,23). The lowest BCUT2D eigenvalue weighted by Gasteiger charge is -2.18. The van der Waals surface area contributed by atoms with Crippen LogP contribution >= 0.6 is 0 Å². The molecule has 6 heteroatoms. The molecule has 0 aliphatic heterocycles. The molecule has 1 unspecified atom stereocenters. The van der Waals surface area contributed by atoms with Crippen LogP contribution in [-0.4, -0.2) is 32.6 Å². The van der Waals surface area contributed by atoms with Gasteiger partial charge < -0.3 is 15.4 Å². The van der Waals surface area contributed by atoms with Crippen LogP contribution in [0.3, 0.4) is 0 Å². The number of aliphatic imine (C=N–C) groups is 1. The van der Waals surface area contributed by atoms with Crippen molar-refractivity contribution in [3.05, 3.63) is 35.1 Å². The van der Waals surface area contributed by atoms with Gasteiger partial charge in [0.15, 0.2) is 5.96 Å². The van der Waals surface area contributed by atoms with Gasteiger partial charge in [0.25, 0.3) is 0 Å². The number of nitrogens with one attached hydrogen (secondary N) is 2. The van der Waals surface area contributed by atoms with E-state index in [1.165, 1.54) is 7.11 Å². The molecule has 0 aliphatic rings. The van der Waals surface area contributed by atoms with Crippen LogP contribution in [0.4, 0.5) is 4.39 Å². The molecule has 1 aromatic rings. The summed E-state index contributed by atoms with van der Waals surface area (Å²) in [5, 5.41) is 6.53. The van der Waals surface area contributed by atoms with E-state index < -0.39 is 0 Å². The summed E-state index contributed by atoms with van der Waals surface area (Å²) in [5.74, 6) is 0.355. The summed E-state index contributed by atoms with van der Waals surface area (Å²) in [6.45, 7) is 4.53. The minimum Gasteiger partial charge on any atom is -0.469 e. The maximum atomic E-state index is 13.7. The summed E-state index contributed by atoms with van der Waals surface area (Å²) in [5.41, 5.74) is 1.53. The summed E-state index contributed by atoms with van der Waals surface area (Å²) in [4.78, 5) is 15.2.